The molecule has 1 N–H and O–H groups in total. The summed E-state index contributed by atoms with van der Waals surface area (Å²) in [7, 11) is 0. The molecule has 0 fully saturated rings. The van der Waals surface area contributed by atoms with Crippen LogP contribution in [0.15, 0.2) is 0 Å². The third kappa shape index (κ3) is 30.3. The lowest BCUT2D eigenvalue weighted by molar-refractivity contribution is -0.145. The van der Waals surface area contributed by atoms with Crippen molar-refractivity contribution in [2.75, 3.05) is 39.6 Å². The van der Waals surface area contributed by atoms with Crippen LogP contribution in [-0.4, -0.2) is 50.7 Å². The van der Waals surface area contributed by atoms with E-state index in [1.54, 1.807) is 0 Å². The van der Waals surface area contributed by atoms with Gasteiger partial charge in [-0.25, -0.2) is 0 Å². The Kier molecular flexibility index (Phi) is 29.2. The minimum atomic E-state index is -0.136. The molecular formula is C22H46O5. The van der Waals surface area contributed by atoms with Gasteiger partial charge in [-0.2, -0.15) is 0 Å². The van der Waals surface area contributed by atoms with Crippen LogP contribution in [0.3, 0.4) is 0 Å². The Morgan fingerprint density at radius 1 is 0.667 bits per heavy atom. The summed E-state index contributed by atoms with van der Waals surface area (Å²) in [4.78, 5) is 11.4. The SMILES string of the molecule is CCCCCCCCCCCCCC(=O)OCCOCCO.CCOCC. The molecule has 5 nitrogen and oxygen atoms in total. The van der Waals surface area contributed by atoms with Gasteiger partial charge in [-0.15, -0.1) is 0 Å². The molecule has 0 radical (unpaired) electrons. The predicted molar refractivity (Wildman–Crippen MR) is 112 cm³/mol. The summed E-state index contributed by atoms with van der Waals surface area (Å²) in [5.41, 5.74) is 0. The number of ether oxygens (including phenoxy) is 3. The van der Waals surface area contributed by atoms with Crippen LogP contribution < -0.4 is 0 Å². The van der Waals surface area contributed by atoms with E-state index in [-0.39, 0.29) is 19.2 Å². The molecule has 0 aliphatic carbocycles. The van der Waals surface area contributed by atoms with Crippen LogP contribution in [0.1, 0.15) is 97.8 Å². The van der Waals surface area contributed by atoms with E-state index in [2.05, 4.69) is 6.92 Å². The van der Waals surface area contributed by atoms with E-state index in [0.717, 1.165) is 26.1 Å². The molecule has 0 atom stereocenters. The van der Waals surface area contributed by atoms with Crippen LogP contribution in [0.4, 0.5) is 0 Å². The average molecular weight is 391 g/mol. The standard InChI is InChI=1S/C18H36O4.C4H10O/c1-2-3-4-5-6-7-8-9-10-11-12-13-18(20)22-17-16-21-15-14-19;1-3-5-4-2/h19H,2-17H2,1H3;3-4H2,1-2H3. The first-order valence-electron chi connectivity index (χ1n) is 11.1. The third-order valence-corrected chi connectivity index (χ3v) is 4.12. The maximum atomic E-state index is 11.4. The lowest BCUT2D eigenvalue weighted by Gasteiger charge is -2.05. The van der Waals surface area contributed by atoms with Crippen LogP contribution in [0.25, 0.3) is 0 Å². The molecule has 0 unspecified atom stereocenters. The van der Waals surface area contributed by atoms with Gasteiger partial charge in [-0.1, -0.05) is 71.1 Å². The van der Waals surface area contributed by atoms with Gasteiger partial charge >= 0.3 is 5.97 Å². The summed E-state index contributed by atoms with van der Waals surface area (Å²) in [6.45, 7) is 8.88. The lowest BCUT2D eigenvalue weighted by atomic mass is 10.1. The second-order valence-electron chi connectivity index (χ2n) is 6.62. The number of aliphatic hydroxyl groups is 1. The molecule has 0 bridgehead atoms. The van der Waals surface area contributed by atoms with Crippen molar-refractivity contribution in [3.05, 3.63) is 0 Å². The Balaban J connectivity index is 0. The smallest absolute Gasteiger partial charge is 0.305 e. The van der Waals surface area contributed by atoms with E-state index in [1.807, 2.05) is 13.8 Å². The van der Waals surface area contributed by atoms with Crippen molar-refractivity contribution in [1.29, 1.82) is 0 Å². The van der Waals surface area contributed by atoms with E-state index in [4.69, 9.17) is 19.3 Å². The van der Waals surface area contributed by atoms with Crippen LogP contribution in [0, 0.1) is 0 Å². The van der Waals surface area contributed by atoms with Crippen molar-refractivity contribution in [1.82, 2.24) is 0 Å². The highest BCUT2D eigenvalue weighted by atomic mass is 16.6. The van der Waals surface area contributed by atoms with Crippen molar-refractivity contribution in [3.8, 4) is 0 Å². The van der Waals surface area contributed by atoms with Gasteiger partial charge in [0.25, 0.3) is 0 Å². The first-order chi connectivity index (χ1) is 13.2. The number of hydrogen-bond acceptors (Lipinski definition) is 5. The molecule has 0 saturated carbocycles. The number of hydrogen-bond donors (Lipinski definition) is 1. The molecule has 0 rings (SSSR count). The molecule has 0 aromatic heterocycles. The van der Waals surface area contributed by atoms with Crippen LogP contribution >= 0.6 is 0 Å². The number of unbranched alkanes of at least 4 members (excludes halogenated alkanes) is 10. The predicted octanol–water partition coefficient (Wildman–Crippen LogP) is 5.28. The maximum Gasteiger partial charge on any atom is 0.305 e. The Labute approximate surface area is 168 Å². The number of rotatable bonds is 19. The van der Waals surface area contributed by atoms with Crippen molar-refractivity contribution in [2.24, 2.45) is 0 Å². The molecule has 0 saturated heterocycles. The van der Waals surface area contributed by atoms with Crippen LogP contribution in [-0.2, 0) is 19.0 Å². The van der Waals surface area contributed by atoms with Gasteiger partial charge in [0.15, 0.2) is 0 Å². The highest BCUT2D eigenvalue weighted by Gasteiger charge is 2.02. The number of aliphatic hydroxyl groups excluding tert-OH is 1. The second kappa shape index (κ2) is 27.6. The monoisotopic (exact) mass is 390 g/mol. The van der Waals surface area contributed by atoms with E-state index in [9.17, 15) is 4.79 Å². The van der Waals surface area contributed by atoms with E-state index < -0.39 is 0 Å². The molecule has 5 heteroatoms. The molecule has 27 heavy (non-hydrogen) atoms. The van der Waals surface area contributed by atoms with Gasteiger partial charge in [0, 0.05) is 19.6 Å². The summed E-state index contributed by atoms with van der Waals surface area (Å²) >= 11 is 0. The molecule has 0 heterocycles. The first-order valence-corrected chi connectivity index (χ1v) is 11.1. The average Bonchev–Trinajstić information content (AvgIpc) is 2.67. The quantitative estimate of drug-likeness (QED) is 0.240. The van der Waals surface area contributed by atoms with Gasteiger partial charge in [0.1, 0.15) is 6.61 Å². The number of carbonyl (C=O) groups is 1. The molecular weight excluding hydrogens is 344 g/mol. The largest absolute Gasteiger partial charge is 0.463 e. The van der Waals surface area contributed by atoms with E-state index in [1.165, 1.54) is 57.8 Å². The van der Waals surface area contributed by atoms with Gasteiger partial charge in [0.2, 0.25) is 0 Å². The Bertz CT molecular complexity index is 269. The molecule has 0 aliphatic rings. The Hall–Kier alpha value is -0.650. The van der Waals surface area contributed by atoms with Gasteiger partial charge in [0.05, 0.1) is 19.8 Å². The minimum Gasteiger partial charge on any atom is -0.463 e. The Morgan fingerprint density at radius 2 is 1.19 bits per heavy atom. The summed E-state index contributed by atoms with van der Waals surface area (Å²) in [5.74, 6) is -0.136. The summed E-state index contributed by atoms with van der Waals surface area (Å²) in [6.07, 6.45) is 14.6. The minimum absolute atomic E-state index is 0.00663. The number of esters is 1. The van der Waals surface area contributed by atoms with Crippen molar-refractivity contribution in [2.45, 2.75) is 97.8 Å². The fraction of sp³-hybridized carbons (Fsp3) is 0.955. The fourth-order valence-electron chi connectivity index (χ4n) is 2.59. The van der Waals surface area contributed by atoms with Crippen molar-refractivity contribution >= 4 is 5.97 Å². The summed E-state index contributed by atoms with van der Waals surface area (Å²) < 4.78 is 14.9. The maximum absolute atomic E-state index is 11.4. The molecule has 164 valence electrons. The zero-order chi connectivity index (χ0) is 20.4. The first kappa shape index (κ1) is 28.6. The zero-order valence-corrected chi connectivity index (χ0v) is 18.3. The topological polar surface area (TPSA) is 65.0 Å². The zero-order valence-electron chi connectivity index (χ0n) is 18.3. The fourth-order valence-corrected chi connectivity index (χ4v) is 2.59. The highest BCUT2D eigenvalue weighted by Crippen LogP contribution is 2.12. The molecule has 0 aromatic carbocycles. The van der Waals surface area contributed by atoms with Gasteiger partial charge in [-0.05, 0) is 20.3 Å². The van der Waals surface area contributed by atoms with Gasteiger partial charge < -0.3 is 19.3 Å². The van der Waals surface area contributed by atoms with Crippen LogP contribution in [0.5, 0.6) is 0 Å². The van der Waals surface area contributed by atoms with E-state index >= 15 is 0 Å². The number of carbonyl (C=O) groups excluding carboxylic acids is 1. The molecule has 0 aliphatic heterocycles. The second-order valence-corrected chi connectivity index (χ2v) is 6.62. The third-order valence-electron chi connectivity index (χ3n) is 4.12. The lowest BCUT2D eigenvalue weighted by Crippen LogP contribution is -2.11. The van der Waals surface area contributed by atoms with Crippen molar-refractivity contribution in [3.63, 3.8) is 0 Å². The molecule has 0 aromatic rings. The molecule has 0 spiro atoms. The summed E-state index contributed by atoms with van der Waals surface area (Å²) in [6, 6.07) is 0. The van der Waals surface area contributed by atoms with Crippen molar-refractivity contribution < 1.29 is 24.1 Å². The normalized spacial score (nSPS) is 10.4. The highest BCUT2D eigenvalue weighted by molar-refractivity contribution is 5.69. The van der Waals surface area contributed by atoms with Gasteiger partial charge in [-0.3, -0.25) is 4.79 Å². The summed E-state index contributed by atoms with van der Waals surface area (Å²) in [5, 5.41) is 8.51. The van der Waals surface area contributed by atoms with E-state index in [0.29, 0.717) is 19.6 Å². The molecule has 0 amide bonds. The van der Waals surface area contributed by atoms with Crippen LogP contribution in [0.2, 0.25) is 0 Å². The Morgan fingerprint density at radius 3 is 1.63 bits per heavy atom.